The molecule has 4 rings (SSSR count). The van der Waals surface area contributed by atoms with Gasteiger partial charge in [-0.15, -0.1) is 11.3 Å². The number of hydrogen-bond acceptors (Lipinski definition) is 4. The molecule has 0 saturated carbocycles. The van der Waals surface area contributed by atoms with Crippen molar-refractivity contribution in [1.29, 1.82) is 0 Å². The van der Waals surface area contributed by atoms with E-state index in [0.29, 0.717) is 6.54 Å². The van der Waals surface area contributed by atoms with E-state index < -0.39 is 0 Å². The van der Waals surface area contributed by atoms with Gasteiger partial charge in [-0.3, -0.25) is 4.98 Å². The molecule has 132 valence electrons. The SMILES string of the molecule is CC(C)(CN)c1ccc(-c2c(O)cc(Br)c3ncc4sccc4c23)cc1. The van der Waals surface area contributed by atoms with Gasteiger partial charge in [-0.1, -0.05) is 38.1 Å². The van der Waals surface area contributed by atoms with Gasteiger partial charge in [-0.25, -0.2) is 0 Å². The first-order valence-corrected chi connectivity index (χ1v) is 10.1. The van der Waals surface area contributed by atoms with Crippen LogP contribution in [-0.2, 0) is 5.41 Å². The normalized spacial score (nSPS) is 12.2. The summed E-state index contributed by atoms with van der Waals surface area (Å²) in [5, 5.41) is 14.9. The molecule has 26 heavy (non-hydrogen) atoms. The number of benzene rings is 2. The van der Waals surface area contributed by atoms with E-state index in [1.807, 2.05) is 6.20 Å². The molecule has 0 fully saturated rings. The average Bonchev–Trinajstić information content (AvgIpc) is 3.11. The standard InChI is InChI=1S/C21H19BrN2OS/c1-21(2,11-23)13-5-3-12(4-6-13)18-16(25)9-15(22)20-19(18)14-7-8-26-17(14)10-24-20/h3-10,25H,11,23H2,1-2H3. The fourth-order valence-corrected chi connectivity index (χ4v) is 4.54. The lowest BCUT2D eigenvalue weighted by Gasteiger charge is -2.23. The van der Waals surface area contributed by atoms with Gasteiger partial charge in [0.15, 0.2) is 0 Å². The molecule has 0 radical (unpaired) electrons. The van der Waals surface area contributed by atoms with Gasteiger partial charge >= 0.3 is 0 Å². The Morgan fingerprint density at radius 3 is 2.62 bits per heavy atom. The summed E-state index contributed by atoms with van der Waals surface area (Å²) in [6.45, 7) is 4.85. The molecule has 2 aromatic carbocycles. The second kappa shape index (κ2) is 6.34. The van der Waals surface area contributed by atoms with Crippen molar-refractivity contribution < 1.29 is 5.11 Å². The van der Waals surface area contributed by atoms with Gasteiger partial charge in [-0.05, 0) is 44.6 Å². The van der Waals surface area contributed by atoms with Crippen molar-refractivity contribution in [2.75, 3.05) is 6.54 Å². The Morgan fingerprint density at radius 1 is 1.19 bits per heavy atom. The van der Waals surface area contributed by atoms with Crippen LogP contribution < -0.4 is 5.73 Å². The number of thiophene rings is 1. The van der Waals surface area contributed by atoms with Crippen LogP contribution in [0.4, 0.5) is 0 Å². The second-order valence-corrected chi connectivity index (χ2v) is 8.90. The first kappa shape index (κ1) is 17.5. The molecule has 0 aliphatic carbocycles. The summed E-state index contributed by atoms with van der Waals surface area (Å²) in [5.74, 6) is 0.246. The third kappa shape index (κ3) is 2.71. The number of nitrogens with two attached hydrogens (primary N) is 1. The van der Waals surface area contributed by atoms with Gasteiger partial charge in [0, 0.05) is 39.0 Å². The summed E-state index contributed by atoms with van der Waals surface area (Å²) >= 11 is 5.20. The molecule has 0 saturated heterocycles. The van der Waals surface area contributed by atoms with Gasteiger partial charge in [0.05, 0.1) is 10.2 Å². The van der Waals surface area contributed by atoms with Crippen molar-refractivity contribution in [1.82, 2.24) is 4.98 Å². The van der Waals surface area contributed by atoms with E-state index in [4.69, 9.17) is 5.73 Å². The summed E-state index contributed by atoms with van der Waals surface area (Å²) < 4.78 is 1.90. The summed E-state index contributed by atoms with van der Waals surface area (Å²) in [7, 11) is 0. The smallest absolute Gasteiger partial charge is 0.125 e. The maximum absolute atomic E-state index is 10.7. The molecule has 0 aliphatic heterocycles. The number of aromatic hydroxyl groups is 1. The molecule has 3 nitrogen and oxygen atoms in total. The maximum atomic E-state index is 10.7. The number of hydrogen-bond donors (Lipinski definition) is 2. The highest BCUT2D eigenvalue weighted by atomic mass is 79.9. The highest BCUT2D eigenvalue weighted by Crippen LogP contribution is 2.43. The number of phenolic OH excluding ortho intramolecular Hbond substituents is 1. The van der Waals surface area contributed by atoms with Gasteiger partial charge in [0.25, 0.3) is 0 Å². The number of aromatic nitrogens is 1. The lowest BCUT2D eigenvalue weighted by Crippen LogP contribution is -2.27. The number of nitrogens with zero attached hydrogens (tertiary/aromatic N) is 1. The molecule has 0 unspecified atom stereocenters. The Bertz CT molecular complexity index is 1120. The predicted octanol–water partition coefficient (Wildman–Crippen LogP) is 5.82. The molecule has 0 spiro atoms. The Labute approximate surface area is 164 Å². The molecular weight excluding hydrogens is 408 g/mol. The minimum Gasteiger partial charge on any atom is -0.507 e. The molecule has 4 aromatic rings. The van der Waals surface area contributed by atoms with Crippen LogP contribution in [0.2, 0.25) is 0 Å². The van der Waals surface area contributed by atoms with Crippen LogP contribution in [-0.4, -0.2) is 16.6 Å². The summed E-state index contributed by atoms with van der Waals surface area (Å²) in [5.41, 5.74) is 9.65. The number of pyridine rings is 1. The predicted molar refractivity (Wildman–Crippen MR) is 114 cm³/mol. The second-order valence-electron chi connectivity index (χ2n) is 7.10. The zero-order valence-electron chi connectivity index (χ0n) is 14.6. The summed E-state index contributed by atoms with van der Waals surface area (Å²) in [6.07, 6.45) is 1.89. The number of fused-ring (bicyclic) bond motifs is 3. The van der Waals surface area contributed by atoms with Gasteiger partial charge < -0.3 is 10.8 Å². The molecule has 5 heteroatoms. The summed E-state index contributed by atoms with van der Waals surface area (Å²) in [6, 6.07) is 12.1. The van der Waals surface area contributed by atoms with Crippen molar-refractivity contribution in [3.63, 3.8) is 0 Å². The van der Waals surface area contributed by atoms with Crippen LogP contribution in [0, 0.1) is 0 Å². The minimum atomic E-state index is -0.0788. The Balaban J connectivity index is 2.01. The zero-order chi connectivity index (χ0) is 18.5. The average molecular weight is 427 g/mol. The van der Waals surface area contributed by atoms with E-state index >= 15 is 0 Å². The van der Waals surface area contributed by atoms with Gasteiger partial charge in [0.2, 0.25) is 0 Å². The first-order valence-electron chi connectivity index (χ1n) is 8.41. The van der Waals surface area contributed by atoms with Crippen LogP contribution in [0.15, 0.2) is 52.4 Å². The van der Waals surface area contributed by atoms with Gasteiger partial charge in [0.1, 0.15) is 5.75 Å². The van der Waals surface area contributed by atoms with E-state index in [9.17, 15) is 5.11 Å². The van der Waals surface area contributed by atoms with Crippen LogP contribution in [0.3, 0.4) is 0 Å². The molecule has 0 amide bonds. The Hall–Kier alpha value is -1.95. The molecule has 2 heterocycles. The molecule has 0 bridgehead atoms. The zero-order valence-corrected chi connectivity index (χ0v) is 17.0. The van der Waals surface area contributed by atoms with E-state index in [1.165, 1.54) is 5.56 Å². The van der Waals surface area contributed by atoms with Crippen LogP contribution in [0.25, 0.3) is 32.1 Å². The highest BCUT2D eigenvalue weighted by molar-refractivity contribution is 9.10. The molecule has 0 aliphatic rings. The fourth-order valence-electron chi connectivity index (χ4n) is 3.26. The third-order valence-electron chi connectivity index (χ3n) is 4.97. The van der Waals surface area contributed by atoms with Crippen molar-refractivity contribution in [3.8, 4) is 16.9 Å². The van der Waals surface area contributed by atoms with Gasteiger partial charge in [-0.2, -0.15) is 0 Å². The van der Waals surface area contributed by atoms with Crippen molar-refractivity contribution in [2.45, 2.75) is 19.3 Å². The molecule has 0 atom stereocenters. The Morgan fingerprint density at radius 2 is 1.92 bits per heavy atom. The fraction of sp³-hybridized carbons (Fsp3) is 0.190. The topological polar surface area (TPSA) is 59.1 Å². The van der Waals surface area contributed by atoms with E-state index in [2.05, 4.69) is 70.5 Å². The first-order chi connectivity index (χ1) is 12.4. The summed E-state index contributed by atoms with van der Waals surface area (Å²) in [4.78, 5) is 4.61. The lowest BCUT2D eigenvalue weighted by atomic mass is 9.84. The van der Waals surface area contributed by atoms with Crippen molar-refractivity contribution >= 4 is 48.3 Å². The highest BCUT2D eigenvalue weighted by Gasteiger charge is 2.20. The van der Waals surface area contributed by atoms with Crippen LogP contribution >= 0.6 is 27.3 Å². The number of phenols is 1. The quantitative estimate of drug-likeness (QED) is 0.433. The van der Waals surface area contributed by atoms with E-state index in [-0.39, 0.29) is 11.2 Å². The van der Waals surface area contributed by atoms with Crippen LogP contribution in [0.5, 0.6) is 5.75 Å². The minimum absolute atomic E-state index is 0.0788. The van der Waals surface area contributed by atoms with E-state index in [0.717, 1.165) is 36.6 Å². The third-order valence-corrected chi connectivity index (χ3v) is 6.43. The number of halogens is 1. The van der Waals surface area contributed by atoms with E-state index in [1.54, 1.807) is 17.4 Å². The van der Waals surface area contributed by atoms with Crippen molar-refractivity contribution in [3.05, 3.63) is 58.0 Å². The monoisotopic (exact) mass is 426 g/mol. The Kier molecular flexibility index (Phi) is 4.26. The molecular formula is C21H19BrN2OS. The van der Waals surface area contributed by atoms with Crippen molar-refractivity contribution in [2.24, 2.45) is 5.73 Å². The molecule has 3 N–H and O–H groups in total. The maximum Gasteiger partial charge on any atom is 0.125 e. The molecule has 2 aromatic heterocycles. The van der Waals surface area contributed by atoms with Crippen LogP contribution in [0.1, 0.15) is 19.4 Å². The largest absolute Gasteiger partial charge is 0.507 e. The lowest BCUT2D eigenvalue weighted by molar-refractivity contribution is 0.477. The number of rotatable bonds is 3.